The number of halogens is 1. The lowest BCUT2D eigenvalue weighted by Crippen LogP contribution is -2.31. The molecule has 0 aliphatic carbocycles. The van der Waals surface area contributed by atoms with Crippen LogP contribution in [0.25, 0.3) is 0 Å². The number of pyridine rings is 1. The van der Waals surface area contributed by atoms with Gasteiger partial charge < -0.3 is 5.32 Å². The van der Waals surface area contributed by atoms with Gasteiger partial charge in [-0.3, -0.25) is 24.3 Å². The van der Waals surface area contributed by atoms with Crippen molar-refractivity contribution in [3.8, 4) is 0 Å². The van der Waals surface area contributed by atoms with E-state index in [0.29, 0.717) is 23.2 Å². The lowest BCUT2D eigenvalue weighted by Gasteiger charge is -2.13. The minimum absolute atomic E-state index is 0.176. The van der Waals surface area contributed by atoms with Crippen molar-refractivity contribution in [3.63, 3.8) is 0 Å². The third kappa shape index (κ3) is 3.76. The topological polar surface area (TPSA) is 79.4 Å². The average Bonchev–Trinajstić information content (AvgIpc) is 2.81. The number of aromatic nitrogens is 1. The van der Waals surface area contributed by atoms with Crippen molar-refractivity contribution in [3.05, 3.63) is 57.8 Å². The Morgan fingerprint density at radius 3 is 2.64 bits per heavy atom. The van der Waals surface area contributed by atoms with Crippen LogP contribution in [0.15, 0.2) is 41.0 Å². The summed E-state index contributed by atoms with van der Waals surface area (Å²) >= 11 is 3.30. The molecule has 128 valence electrons. The van der Waals surface area contributed by atoms with Gasteiger partial charge in [0.25, 0.3) is 11.8 Å². The standard InChI is InChI=1S/C18H16BrN3O3/c1-11-4-6-13(10-20-11)21-16(23)3-2-8-22-17(24)14-7-5-12(19)9-15(14)18(22)25/h4-7,9-10H,2-3,8H2,1H3,(H,21,23). The van der Waals surface area contributed by atoms with Crippen LogP contribution in [0.4, 0.5) is 5.69 Å². The van der Waals surface area contributed by atoms with Crippen molar-refractivity contribution in [2.75, 3.05) is 11.9 Å². The summed E-state index contributed by atoms with van der Waals surface area (Å²) in [6, 6.07) is 8.61. The quantitative estimate of drug-likeness (QED) is 0.780. The van der Waals surface area contributed by atoms with Crippen LogP contribution in [0.1, 0.15) is 39.3 Å². The van der Waals surface area contributed by atoms with Crippen molar-refractivity contribution in [2.45, 2.75) is 19.8 Å². The lowest BCUT2D eigenvalue weighted by molar-refractivity contribution is -0.116. The maximum atomic E-state index is 12.3. The summed E-state index contributed by atoms with van der Waals surface area (Å²) in [6.07, 6.45) is 2.21. The Hall–Kier alpha value is -2.54. The highest BCUT2D eigenvalue weighted by Gasteiger charge is 2.35. The first-order valence-corrected chi connectivity index (χ1v) is 8.63. The Labute approximate surface area is 153 Å². The van der Waals surface area contributed by atoms with E-state index in [9.17, 15) is 14.4 Å². The molecule has 0 unspecified atom stereocenters. The largest absolute Gasteiger partial charge is 0.325 e. The summed E-state index contributed by atoms with van der Waals surface area (Å²) < 4.78 is 0.750. The Morgan fingerprint density at radius 2 is 1.92 bits per heavy atom. The van der Waals surface area contributed by atoms with Crippen LogP contribution in [0.3, 0.4) is 0 Å². The van der Waals surface area contributed by atoms with Crippen LogP contribution in [-0.2, 0) is 4.79 Å². The number of rotatable bonds is 5. The second kappa shape index (κ2) is 7.14. The maximum absolute atomic E-state index is 12.3. The van der Waals surface area contributed by atoms with E-state index in [1.165, 1.54) is 4.90 Å². The zero-order valence-corrected chi connectivity index (χ0v) is 15.2. The molecule has 7 heteroatoms. The second-order valence-electron chi connectivity index (χ2n) is 5.79. The number of carbonyl (C=O) groups is 3. The van der Waals surface area contributed by atoms with Crippen molar-refractivity contribution in [2.24, 2.45) is 0 Å². The van der Waals surface area contributed by atoms with Crippen LogP contribution >= 0.6 is 15.9 Å². The summed E-state index contributed by atoms with van der Waals surface area (Å²) in [5, 5.41) is 2.75. The highest BCUT2D eigenvalue weighted by molar-refractivity contribution is 9.10. The summed E-state index contributed by atoms with van der Waals surface area (Å²) in [7, 11) is 0. The number of carbonyl (C=O) groups excluding carboxylic acids is 3. The molecule has 25 heavy (non-hydrogen) atoms. The zero-order chi connectivity index (χ0) is 18.0. The Morgan fingerprint density at radius 1 is 1.16 bits per heavy atom. The summed E-state index contributed by atoms with van der Waals surface area (Å²) in [5.74, 6) is -0.801. The molecule has 1 aliphatic heterocycles. The van der Waals surface area contributed by atoms with Gasteiger partial charge in [-0.15, -0.1) is 0 Å². The number of nitrogens with zero attached hydrogens (tertiary/aromatic N) is 2. The van der Waals surface area contributed by atoms with Gasteiger partial charge in [0.2, 0.25) is 5.91 Å². The van der Waals surface area contributed by atoms with E-state index in [2.05, 4.69) is 26.2 Å². The van der Waals surface area contributed by atoms with Gasteiger partial charge in [-0.25, -0.2) is 0 Å². The van der Waals surface area contributed by atoms with Crippen LogP contribution in [0, 0.1) is 6.92 Å². The molecule has 2 heterocycles. The number of hydrogen-bond acceptors (Lipinski definition) is 4. The molecule has 0 saturated heterocycles. The molecule has 1 aliphatic rings. The number of fused-ring (bicyclic) bond motifs is 1. The highest BCUT2D eigenvalue weighted by atomic mass is 79.9. The smallest absolute Gasteiger partial charge is 0.261 e. The number of benzene rings is 1. The van der Waals surface area contributed by atoms with E-state index in [4.69, 9.17) is 0 Å². The van der Waals surface area contributed by atoms with Gasteiger partial charge >= 0.3 is 0 Å². The zero-order valence-electron chi connectivity index (χ0n) is 13.6. The van der Waals surface area contributed by atoms with Crippen LogP contribution < -0.4 is 5.32 Å². The fourth-order valence-electron chi connectivity index (χ4n) is 2.63. The minimum Gasteiger partial charge on any atom is -0.325 e. The van der Waals surface area contributed by atoms with Crippen molar-refractivity contribution in [1.82, 2.24) is 9.88 Å². The first-order chi connectivity index (χ1) is 12.0. The van der Waals surface area contributed by atoms with Crippen molar-refractivity contribution >= 4 is 39.3 Å². The molecule has 1 aromatic heterocycles. The fraction of sp³-hybridized carbons (Fsp3) is 0.222. The second-order valence-corrected chi connectivity index (χ2v) is 6.71. The third-order valence-corrected chi connectivity index (χ3v) is 4.41. The van der Waals surface area contributed by atoms with Gasteiger partial charge in [0.15, 0.2) is 0 Å². The molecule has 0 saturated carbocycles. The normalized spacial score (nSPS) is 13.1. The molecule has 3 rings (SSSR count). The van der Waals surface area contributed by atoms with E-state index in [0.717, 1.165) is 10.2 Å². The molecule has 6 nitrogen and oxygen atoms in total. The van der Waals surface area contributed by atoms with Gasteiger partial charge in [-0.1, -0.05) is 15.9 Å². The SMILES string of the molecule is Cc1ccc(NC(=O)CCCN2C(=O)c3ccc(Br)cc3C2=O)cn1. The number of nitrogens with one attached hydrogen (secondary N) is 1. The number of anilines is 1. The van der Waals surface area contributed by atoms with E-state index in [1.807, 2.05) is 13.0 Å². The fourth-order valence-corrected chi connectivity index (χ4v) is 2.99. The molecular formula is C18H16BrN3O3. The van der Waals surface area contributed by atoms with E-state index >= 15 is 0 Å². The predicted octanol–water partition coefficient (Wildman–Crippen LogP) is 3.17. The Kier molecular flexibility index (Phi) is 4.94. The molecular weight excluding hydrogens is 386 g/mol. The van der Waals surface area contributed by atoms with Gasteiger partial charge in [0, 0.05) is 23.1 Å². The van der Waals surface area contributed by atoms with E-state index in [1.54, 1.807) is 30.5 Å². The van der Waals surface area contributed by atoms with Gasteiger partial charge in [0.05, 0.1) is 23.0 Å². The molecule has 0 fully saturated rings. The molecule has 1 aromatic carbocycles. The minimum atomic E-state index is -0.315. The summed E-state index contributed by atoms with van der Waals surface area (Å²) in [5.41, 5.74) is 2.30. The third-order valence-electron chi connectivity index (χ3n) is 3.91. The number of amides is 3. The molecule has 0 spiro atoms. The van der Waals surface area contributed by atoms with Crippen molar-refractivity contribution < 1.29 is 14.4 Å². The monoisotopic (exact) mass is 401 g/mol. The van der Waals surface area contributed by atoms with Gasteiger partial charge in [-0.05, 0) is 43.7 Å². The molecule has 0 bridgehead atoms. The molecule has 2 aromatic rings. The van der Waals surface area contributed by atoms with Crippen LogP contribution in [0.5, 0.6) is 0 Å². The van der Waals surface area contributed by atoms with Crippen LogP contribution in [0.2, 0.25) is 0 Å². The van der Waals surface area contributed by atoms with E-state index in [-0.39, 0.29) is 30.7 Å². The first kappa shape index (κ1) is 17.3. The maximum Gasteiger partial charge on any atom is 0.261 e. The predicted molar refractivity (Wildman–Crippen MR) is 96.3 cm³/mol. The number of aryl methyl sites for hydroxylation is 1. The molecule has 1 N–H and O–H groups in total. The van der Waals surface area contributed by atoms with Crippen molar-refractivity contribution in [1.29, 1.82) is 0 Å². The number of hydrogen-bond donors (Lipinski definition) is 1. The summed E-state index contributed by atoms with van der Waals surface area (Å²) in [6.45, 7) is 2.08. The number of imide groups is 1. The van der Waals surface area contributed by atoms with Gasteiger partial charge in [-0.2, -0.15) is 0 Å². The Bertz CT molecular complexity index is 849. The molecule has 0 radical (unpaired) electrons. The van der Waals surface area contributed by atoms with Crippen LogP contribution in [-0.4, -0.2) is 34.2 Å². The molecule has 0 atom stereocenters. The lowest BCUT2D eigenvalue weighted by atomic mass is 10.1. The molecule has 3 amide bonds. The van der Waals surface area contributed by atoms with Gasteiger partial charge in [0.1, 0.15) is 0 Å². The highest BCUT2D eigenvalue weighted by Crippen LogP contribution is 2.26. The Balaban J connectivity index is 1.54. The average molecular weight is 402 g/mol. The summed E-state index contributed by atoms with van der Waals surface area (Å²) in [4.78, 5) is 41.9. The van der Waals surface area contributed by atoms with E-state index < -0.39 is 0 Å². The first-order valence-electron chi connectivity index (χ1n) is 7.84.